The zero-order chi connectivity index (χ0) is 21.8. The fourth-order valence-electron chi connectivity index (χ4n) is 3.95. The third kappa shape index (κ3) is 3.45. The largest absolute Gasteiger partial charge is 0.433 e. The quantitative estimate of drug-likeness (QED) is 0.662. The number of amides is 1. The van der Waals surface area contributed by atoms with Crippen molar-refractivity contribution in [1.82, 2.24) is 19.7 Å². The molecule has 10 heteroatoms. The number of pyridine rings is 1. The molecule has 1 aliphatic heterocycles. The summed E-state index contributed by atoms with van der Waals surface area (Å²) in [6.45, 7) is -0.168. The van der Waals surface area contributed by atoms with Crippen LogP contribution in [0.4, 0.5) is 13.2 Å². The number of alkyl halides is 3. The number of aromatic nitrogens is 3. The van der Waals surface area contributed by atoms with Crippen LogP contribution in [0.1, 0.15) is 45.9 Å². The molecule has 2 N–H and O–H groups in total. The number of fused-ring (bicyclic) bond motifs is 1. The summed E-state index contributed by atoms with van der Waals surface area (Å²) in [5.41, 5.74) is -0.388. The topological polar surface area (TPSA) is 88.8 Å². The van der Waals surface area contributed by atoms with Crippen molar-refractivity contribution in [3.63, 3.8) is 0 Å². The zero-order valence-corrected chi connectivity index (χ0v) is 16.3. The van der Waals surface area contributed by atoms with Gasteiger partial charge >= 0.3 is 6.18 Å². The number of aliphatic hydroxyl groups is 1. The number of hydrogen-bond donors (Lipinski definition) is 2. The molecule has 3 aromatic rings. The molecular formula is C21H19F3N4O3. The Morgan fingerprint density at radius 1 is 1.23 bits per heavy atom. The van der Waals surface area contributed by atoms with E-state index < -0.39 is 29.4 Å². The Kier molecular flexibility index (Phi) is 4.52. The Morgan fingerprint density at radius 2 is 2.03 bits per heavy atom. The minimum Gasteiger partial charge on any atom is -0.388 e. The van der Waals surface area contributed by atoms with Crippen LogP contribution < -0.4 is 5.32 Å². The van der Waals surface area contributed by atoms with Crippen LogP contribution >= 0.6 is 0 Å². The molecule has 5 rings (SSSR count). The Labute approximate surface area is 174 Å². The van der Waals surface area contributed by atoms with E-state index in [4.69, 9.17) is 4.74 Å². The number of aliphatic hydroxyl groups excluding tert-OH is 1. The number of carbonyl (C=O) groups excluding carboxylic acids is 1. The van der Waals surface area contributed by atoms with Gasteiger partial charge in [-0.2, -0.15) is 13.2 Å². The molecule has 2 aliphatic rings. The Morgan fingerprint density at radius 3 is 2.65 bits per heavy atom. The van der Waals surface area contributed by atoms with E-state index in [1.54, 1.807) is 22.9 Å². The summed E-state index contributed by atoms with van der Waals surface area (Å²) in [4.78, 5) is 21.0. The van der Waals surface area contributed by atoms with Gasteiger partial charge in [0.1, 0.15) is 23.0 Å². The number of halogens is 3. The molecule has 1 amide bonds. The first-order chi connectivity index (χ1) is 14.8. The predicted octanol–water partition coefficient (Wildman–Crippen LogP) is 2.64. The fourth-order valence-corrected chi connectivity index (χ4v) is 3.95. The lowest BCUT2D eigenvalue weighted by Crippen LogP contribution is -2.53. The van der Waals surface area contributed by atoms with Crippen molar-refractivity contribution in [2.75, 3.05) is 13.2 Å². The van der Waals surface area contributed by atoms with E-state index in [0.29, 0.717) is 17.1 Å². The summed E-state index contributed by atoms with van der Waals surface area (Å²) in [5.74, 6) is -0.00331. The standard InChI is InChI=1S/C21H19F3N4O3/c22-21(23,24)16-4-3-14(8-25-16)20(11-31-10-17(20)29)27-19(30)15-5-6-28-9-13(12-1-2-12)7-26-18(15)28/h3-9,12,17,29H,1-2,10-11H2,(H,27,30). The lowest BCUT2D eigenvalue weighted by atomic mass is 9.87. The van der Waals surface area contributed by atoms with Gasteiger partial charge in [0.2, 0.25) is 0 Å². The Bertz CT molecular complexity index is 1140. The second kappa shape index (κ2) is 7.03. The van der Waals surface area contributed by atoms with E-state index in [1.165, 1.54) is 6.07 Å². The van der Waals surface area contributed by atoms with Crippen molar-refractivity contribution in [1.29, 1.82) is 0 Å². The molecule has 1 aliphatic carbocycles. The number of rotatable bonds is 4. The van der Waals surface area contributed by atoms with Crippen LogP contribution in [-0.4, -0.2) is 44.7 Å². The van der Waals surface area contributed by atoms with Crippen molar-refractivity contribution in [2.24, 2.45) is 0 Å². The molecule has 0 bridgehead atoms. The zero-order valence-electron chi connectivity index (χ0n) is 16.3. The first kappa shape index (κ1) is 20.0. The van der Waals surface area contributed by atoms with Gasteiger partial charge in [0.25, 0.3) is 5.91 Å². The van der Waals surface area contributed by atoms with Gasteiger partial charge in [-0.1, -0.05) is 6.07 Å². The molecule has 31 heavy (non-hydrogen) atoms. The molecule has 4 heterocycles. The molecule has 162 valence electrons. The van der Waals surface area contributed by atoms with Gasteiger partial charge in [-0.05, 0) is 36.5 Å². The van der Waals surface area contributed by atoms with Crippen molar-refractivity contribution < 1.29 is 27.8 Å². The SMILES string of the molecule is O=C(NC1(c2ccc(C(F)(F)F)nc2)COCC1O)c1ccn2cc(C3CC3)cnc12. The van der Waals surface area contributed by atoms with Crippen LogP contribution in [0.2, 0.25) is 0 Å². The highest BCUT2D eigenvalue weighted by atomic mass is 19.4. The van der Waals surface area contributed by atoms with Crippen molar-refractivity contribution in [2.45, 2.75) is 36.6 Å². The Balaban J connectivity index is 1.46. The third-order valence-corrected chi connectivity index (χ3v) is 5.88. The van der Waals surface area contributed by atoms with Crippen LogP contribution in [0, 0.1) is 0 Å². The average Bonchev–Trinajstić information content (AvgIpc) is 3.41. The first-order valence-corrected chi connectivity index (χ1v) is 9.86. The van der Waals surface area contributed by atoms with Gasteiger partial charge in [-0.3, -0.25) is 9.78 Å². The highest BCUT2D eigenvalue weighted by Crippen LogP contribution is 2.39. The summed E-state index contributed by atoms with van der Waals surface area (Å²) < 4.78 is 45.8. The lowest BCUT2D eigenvalue weighted by Gasteiger charge is -2.32. The van der Waals surface area contributed by atoms with Gasteiger partial charge in [0, 0.05) is 30.4 Å². The smallest absolute Gasteiger partial charge is 0.388 e. The molecule has 7 nitrogen and oxygen atoms in total. The maximum absolute atomic E-state index is 13.1. The van der Waals surface area contributed by atoms with E-state index in [1.807, 2.05) is 6.20 Å². The number of carbonyl (C=O) groups is 1. The van der Waals surface area contributed by atoms with E-state index in [-0.39, 0.29) is 18.8 Å². The molecule has 2 fully saturated rings. The molecular weight excluding hydrogens is 413 g/mol. The van der Waals surface area contributed by atoms with Crippen LogP contribution in [0.25, 0.3) is 5.65 Å². The monoisotopic (exact) mass is 432 g/mol. The summed E-state index contributed by atoms with van der Waals surface area (Å²) in [6, 6.07) is 3.64. The van der Waals surface area contributed by atoms with E-state index in [9.17, 15) is 23.1 Å². The Hall–Kier alpha value is -2.98. The molecule has 0 radical (unpaired) electrons. The highest BCUT2D eigenvalue weighted by Gasteiger charge is 2.47. The van der Waals surface area contributed by atoms with Crippen LogP contribution in [-0.2, 0) is 16.5 Å². The van der Waals surface area contributed by atoms with E-state index in [2.05, 4.69) is 15.3 Å². The summed E-state index contributed by atoms with van der Waals surface area (Å²) in [7, 11) is 0. The normalized spacial score (nSPS) is 23.9. The summed E-state index contributed by atoms with van der Waals surface area (Å²) >= 11 is 0. The van der Waals surface area contributed by atoms with Crippen molar-refractivity contribution in [3.8, 4) is 0 Å². The van der Waals surface area contributed by atoms with Gasteiger partial charge in [0.05, 0.1) is 18.8 Å². The number of nitrogens with zero attached hydrogens (tertiary/aromatic N) is 3. The molecule has 0 aromatic carbocycles. The van der Waals surface area contributed by atoms with Crippen LogP contribution in [0.15, 0.2) is 43.0 Å². The second-order valence-electron chi connectivity index (χ2n) is 8.01. The maximum atomic E-state index is 13.1. The van der Waals surface area contributed by atoms with E-state index >= 15 is 0 Å². The first-order valence-electron chi connectivity index (χ1n) is 9.86. The number of nitrogens with one attached hydrogen (secondary N) is 1. The third-order valence-electron chi connectivity index (χ3n) is 5.88. The van der Waals surface area contributed by atoms with Crippen molar-refractivity contribution >= 4 is 11.6 Å². The van der Waals surface area contributed by atoms with Crippen LogP contribution in [0.5, 0.6) is 0 Å². The number of ether oxygens (including phenoxy) is 1. The van der Waals surface area contributed by atoms with E-state index in [0.717, 1.165) is 30.7 Å². The average molecular weight is 432 g/mol. The minimum absolute atomic E-state index is 0.0686. The van der Waals surface area contributed by atoms with Gasteiger partial charge in [-0.25, -0.2) is 4.98 Å². The molecule has 0 spiro atoms. The maximum Gasteiger partial charge on any atom is 0.433 e. The summed E-state index contributed by atoms with van der Waals surface area (Å²) in [5, 5.41) is 13.3. The lowest BCUT2D eigenvalue weighted by molar-refractivity contribution is -0.141. The molecule has 3 aromatic heterocycles. The number of hydrogen-bond acceptors (Lipinski definition) is 5. The van der Waals surface area contributed by atoms with Gasteiger partial charge in [0.15, 0.2) is 0 Å². The molecule has 2 atom stereocenters. The van der Waals surface area contributed by atoms with Gasteiger partial charge in [-0.15, -0.1) is 0 Å². The fraction of sp³-hybridized carbons (Fsp3) is 0.381. The van der Waals surface area contributed by atoms with Crippen molar-refractivity contribution in [3.05, 3.63) is 65.4 Å². The second-order valence-corrected chi connectivity index (χ2v) is 8.01. The molecule has 2 unspecified atom stereocenters. The van der Waals surface area contributed by atoms with Gasteiger partial charge < -0.3 is 19.6 Å². The minimum atomic E-state index is -4.59. The summed E-state index contributed by atoms with van der Waals surface area (Å²) in [6.07, 6.45) is 2.96. The predicted molar refractivity (Wildman–Crippen MR) is 102 cm³/mol. The molecule has 1 saturated carbocycles. The van der Waals surface area contributed by atoms with Crippen LogP contribution in [0.3, 0.4) is 0 Å². The highest BCUT2D eigenvalue weighted by molar-refractivity contribution is 6.00. The molecule has 1 saturated heterocycles.